The molecule has 0 amide bonds. The van der Waals surface area contributed by atoms with Gasteiger partial charge in [0.25, 0.3) is 11.4 Å². The molecule has 2 aromatic carbocycles. The Morgan fingerprint density at radius 1 is 1.00 bits per heavy atom. The van der Waals surface area contributed by atoms with Gasteiger partial charge in [0, 0.05) is 41.4 Å². The fourth-order valence-corrected chi connectivity index (χ4v) is 5.17. The zero-order valence-electron chi connectivity index (χ0n) is 21.4. The first-order valence-electron chi connectivity index (χ1n) is 12.7. The number of allylic oxidation sites excluding steroid dienone is 2. The smallest absolute Gasteiger partial charge is 0.288 e. The second kappa shape index (κ2) is 12.8. The van der Waals surface area contributed by atoms with Crippen molar-refractivity contribution in [2.45, 2.75) is 23.5 Å². The molecule has 206 valence electrons. The lowest BCUT2D eigenvalue weighted by atomic mass is 10.1. The van der Waals surface area contributed by atoms with E-state index in [1.807, 2.05) is 12.1 Å². The van der Waals surface area contributed by atoms with Crippen molar-refractivity contribution in [3.05, 3.63) is 98.9 Å². The second-order valence-electron chi connectivity index (χ2n) is 9.09. The molecule has 2 heterocycles. The summed E-state index contributed by atoms with van der Waals surface area (Å²) in [5.74, 6) is -1.35. The van der Waals surface area contributed by atoms with Crippen molar-refractivity contribution < 1.29 is 22.9 Å². The van der Waals surface area contributed by atoms with Crippen LogP contribution in [0.25, 0.3) is 17.4 Å². The standard InChI is InChI=1S/C29H26F2N4O4S/c30-29(31)40-26-9-6-21(7-10-26)27-11-8-25(39-27)19-33-32-18-23-5-4-22(28(23)34-12-14-38-15-13-34)16-20-2-1-3-24(17-20)35(36)37/h1-3,6-11,16-19,29H,4-5,12-15H2. The monoisotopic (exact) mass is 564 g/mol. The predicted octanol–water partition coefficient (Wildman–Crippen LogP) is 7.04. The molecular formula is C29H26F2N4O4S. The summed E-state index contributed by atoms with van der Waals surface area (Å²) in [7, 11) is 0. The molecule has 1 saturated heterocycles. The van der Waals surface area contributed by atoms with E-state index in [4.69, 9.17) is 9.15 Å². The first kappa shape index (κ1) is 27.5. The third-order valence-corrected chi connectivity index (χ3v) is 7.20. The van der Waals surface area contributed by atoms with Crippen LogP contribution in [0.3, 0.4) is 0 Å². The van der Waals surface area contributed by atoms with Crippen LogP contribution in [0, 0.1) is 10.1 Å². The SMILES string of the molecule is O=[N+]([O-])c1cccc(C=C2CCC(C=NN=Cc3ccc(-c4ccc(SC(F)F)cc4)o3)=C2N2CCOCC2)c1. The van der Waals surface area contributed by atoms with E-state index in [0.29, 0.717) is 41.4 Å². The number of benzene rings is 2. The normalized spacial score (nSPS) is 17.3. The molecule has 0 bridgehead atoms. The van der Waals surface area contributed by atoms with E-state index >= 15 is 0 Å². The molecule has 1 fully saturated rings. The van der Waals surface area contributed by atoms with Gasteiger partial charge in [-0.1, -0.05) is 36.0 Å². The lowest BCUT2D eigenvalue weighted by Crippen LogP contribution is -2.36. The van der Waals surface area contributed by atoms with Gasteiger partial charge >= 0.3 is 0 Å². The van der Waals surface area contributed by atoms with E-state index in [-0.39, 0.29) is 10.6 Å². The van der Waals surface area contributed by atoms with E-state index in [1.54, 1.807) is 54.7 Å². The quantitative estimate of drug-likeness (QED) is 0.120. The number of non-ortho nitro benzene ring substituents is 1. The summed E-state index contributed by atoms with van der Waals surface area (Å²) in [5.41, 5.74) is 4.82. The lowest BCUT2D eigenvalue weighted by Gasteiger charge is -2.31. The van der Waals surface area contributed by atoms with Crippen LogP contribution in [0.5, 0.6) is 0 Å². The number of halogens is 2. The van der Waals surface area contributed by atoms with Gasteiger partial charge in [-0.15, -0.1) is 0 Å². The molecule has 0 radical (unpaired) electrons. The van der Waals surface area contributed by atoms with Gasteiger partial charge in [-0.2, -0.15) is 19.0 Å². The molecule has 11 heteroatoms. The number of hydrogen-bond acceptors (Lipinski definition) is 8. The van der Waals surface area contributed by atoms with Crippen LogP contribution in [-0.4, -0.2) is 54.3 Å². The Labute approximate surface area is 233 Å². The number of rotatable bonds is 9. The third-order valence-electron chi connectivity index (χ3n) is 6.48. The van der Waals surface area contributed by atoms with Gasteiger partial charge in [0.15, 0.2) is 0 Å². The Balaban J connectivity index is 1.32. The third kappa shape index (κ3) is 6.91. The van der Waals surface area contributed by atoms with Crippen molar-refractivity contribution in [3.8, 4) is 11.3 Å². The van der Waals surface area contributed by atoms with Gasteiger partial charge in [0.1, 0.15) is 11.5 Å². The molecule has 3 aromatic rings. The first-order chi connectivity index (χ1) is 19.5. The second-order valence-corrected chi connectivity index (χ2v) is 10.2. The summed E-state index contributed by atoms with van der Waals surface area (Å²) in [6.07, 6.45) is 6.84. The number of nitro benzene ring substituents is 1. The van der Waals surface area contributed by atoms with E-state index < -0.39 is 5.76 Å². The Hall–Kier alpha value is -4.09. The minimum absolute atomic E-state index is 0.0595. The topological polar surface area (TPSA) is 93.5 Å². The lowest BCUT2D eigenvalue weighted by molar-refractivity contribution is -0.384. The number of thioether (sulfide) groups is 1. The van der Waals surface area contributed by atoms with Gasteiger partial charge in [-0.25, -0.2) is 0 Å². The number of morpholine rings is 1. The number of nitro groups is 1. The number of alkyl halides is 2. The van der Waals surface area contributed by atoms with E-state index in [9.17, 15) is 18.9 Å². The molecule has 0 N–H and O–H groups in total. The van der Waals surface area contributed by atoms with Crippen molar-refractivity contribution in [2.24, 2.45) is 10.2 Å². The highest BCUT2D eigenvalue weighted by molar-refractivity contribution is 7.99. The van der Waals surface area contributed by atoms with Crippen LogP contribution in [-0.2, 0) is 4.74 Å². The maximum Gasteiger partial charge on any atom is 0.288 e. The molecule has 5 rings (SSSR count). The van der Waals surface area contributed by atoms with Crippen molar-refractivity contribution in [1.29, 1.82) is 0 Å². The molecule has 0 saturated carbocycles. The maximum absolute atomic E-state index is 12.5. The minimum Gasteiger partial charge on any atom is -0.455 e. The average Bonchev–Trinajstić information content (AvgIpc) is 3.59. The summed E-state index contributed by atoms with van der Waals surface area (Å²) < 4.78 is 36.4. The summed E-state index contributed by atoms with van der Waals surface area (Å²) in [4.78, 5) is 13.6. The molecule has 0 spiro atoms. The van der Waals surface area contributed by atoms with Crippen LogP contribution in [0.4, 0.5) is 14.5 Å². The summed E-state index contributed by atoms with van der Waals surface area (Å²) in [6, 6.07) is 16.9. The Morgan fingerprint density at radius 2 is 1.77 bits per heavy atom. The average molecular weight is 565 g/mol. The minimum atomic E-state index is -2.46. The maximum atomic E-state index is 12.5. The molecule has 1 aliphatic carbocycles. The van der Waals surface area contributed by atoms with Gasteiger partial charge in [-0.3, -0.25) is 10.1 Å². The van der Waals surface area contributed by atoms with Crippen LogP contribution < -0.4 is 0 Å². The molecule has 0 unspecified atom stereocenters. The molecule has 8 nitrogen and oxygen atoms in total. The Kier molecular flexibility index (Phi) is 8.82. The van der Waals surface area contributed by atoms with Crippen LogP contribution in [0.2, 0.25) is 0 Å². The molecule has 1 aromatic heterocycles. The van der Waals surface area contributed by atoms with Crippen LogP contribution in [0.1, 0.15) is 24.2 Å². The number of nitrogens with zero attached hydrogens (tertiary/aromatic N) is 4. The number of furan rings is 1. The van der Waals surface area contributed by atoms with Crippen molar-refractivity contribution in [3.63, 3.8) is 0 Å². The predicted molar refractivity (Wildman–Crippen MR) is 152 cm³/mol. The van der Waals surface area contributed by atoms with E-state index in [0.717, 1.165) is 53.9 Å². The summed E-state index contributed by atoms with van der Waals surface area (Å²) in [6.45, 7) is 2.76. The molecular weight excluding hydrogens is 538 g/mol. The largest absolute Gasteiger partial charge is 0.455 e. The van der Waals surface area contributed by atoms with E-state index in [2.05, 4.69) is 15.1 Å². The zero-order chi connectivity index (χ0) is 27.9. The van der Waals surface area contributed by atoms with Gasteiger partial charge in [0.05, 0.1) is 30.6 Å². The van der Waals surface area contributed by atoms with Crippen LogP contribution in [0.15, 0.2) is 97.0 Å². The van der Waals surface area contributed by atoms with Crippen molar-refractivity contribution in [1.82, 2.24) is 4.90 Å². The first-order valence-corrected chi connectivity index (χ1v) is 13.6. The fraction of sp³-hybridized carbons (Fsp3) is 0.241. The van der Waals surface area contributed by atoms with Crippen LogP contribution >= 0.6 is 11.8 Å². The van der Waals surface area contributed by atoms with Crippen molar-refractivity contribution >= 4 is 36.0 Å². The number of hydrogen-bond donors (Lipinski definition) is 0. The fourth-order valence-electron chi connectivity index (χ4n) is 4.67. The van der Waals surface area contributed by atoms with E-state index in [1.165, 1.54) is 12.3 Å². The Morgan fingerprint density at radius 3 is 2.52 bits per heavy atom. The Bertz CT molecular complexity index is 1480. The highest BCUT2D eigenvalue weighted by Crippen LogP contribution is 2.35. The van der Waals surface area contributed by atoms with Gasteiger partial charge < -0.3 is 14.1 Å². The summed E-state index contributed by atoms with van der Waals surface area (Å²) in [5, 5.41) is 19.7. The molecule has 40 heavy (non-hydrogen) atoms. The molecule has 0 atom stereocenters. The summed E-state index contributed by atoms with van der Waals surface area (Å²) >= 11 is 0.501. The van der Waals surface area contributed by atoms with Gasteiger partial charge in [-0.05, 0) is 59.9 Å². The molecule has 2 aliphatic rings. The van der Waals surface area contributed by atoms with Gasteiger partial charge in [0.2, 0.25) is 0 Å². The number of ether oxygens (including phenoxy) is 1. The molecule has 1 aliphatic heterocycles. The zero-order valence-corrected chi connectivity index (χ0v) is 22.2. The highest BCUT2D eigenvalue weighted by Gasteiger charge is 2.25. The highest BCUT2D eigenvalue weighted by atomic mass is 32.2. The van der Waals surface area contributed by atoms with Crippen molar-refractivity contribution in [2.75, 3.05) is 26.3 Å².